The maximum Gasteiger partial charge on any atom is 0.298 e. The molecule has 0 atom stereocenters. The van der Waals surface area contributed by atoms with Gasteiger partial charge in [-0.1, -0.05) is 0 Å². The van der Waals surface area contributed by atoms with Crippen LogP contribution in [0.2, 0.25) is 0 Å². The fraction of sp³-hybridized carbons (Fsp3) is 1.00. The third-order valence-electron chi connectivity index (χ3n) is 1.20. The minimum atomic E-state index is -2.29. The summed E-state index contributed by atoms with van der Waals surface area (Å²) in [5.74, 6) is -2.29. The van der Waals surface area contributed by atoms with Crippen molar-refractivity contribution in [1.82, 2.24) is 4.31 Å². The van der Waals surface area contributed by atoms with E-state index in [1.807, 2.05) is 0 Å². The van der Waals surface area contributed by atoms with Gasteiger partial charge in [-0.25, -0.2) is 4.31 Å². The minimum absolute atomic E-state index is 0.569. The summed E-state index contributed by atoms with van der Waals surface area (Å²) >= 11 is 0.595. The summed E-state index contributed by atoms with van der Waals surface area (Å²) in [6, 6.07) is 0. The Bertz CT molecular complexity index is 97.6. The molecule has 60 valence electrons. The predicted octanol–water partition coefficient (Wildman–Crippen LogP) is 1.19. The lowest BCUT2D eigenvalue weighted by molar-refractivity contribution is 0.0753. The second kappa shape index (κ2) is 4.10. The topological polar surface area (TPSA) is 12.5 Å². The lowest BCUT2D eigenvalue weighted by atomic mass is 10.5. The molecule has 0 aromatic carbocycles. The third-order valence-corrected chi connectivity index (χ3v) is 2.02. The molecule has 5 heteroatoms. The summed E-state index contributed by atoms with van der Waals surface area (Å²) in [6.07, 6.45) is 0. The van der Waals surface area contributed by atoms with E-state index >= 15 is 0 Å². The number of hydrogen-bond acceptors (Lipinski definition) is 3. The van der Waals surface area contributed by atoms with Crippen LogP contribution in [-0.2, 0) is 4.74 Å². The van der Waals surface area contributed by atoms with Crippen molar-refractivity contribution in [2.75, 3.05) is 26.3 Å². The highest BCUT2D eigenvalue weighted by atomic mass is 32.2. The molecule has 1 fully saturated rings. The van der Waals surface area contributed by atoms with Crippen molar-refractivity contribution in [3.8, 4) is 0 Å². The zero-order valence-corrected chi connectivity index (χ0v) is 6.24. The Morgan fingerprint density at radius 3 is 2.40 bits per heavy atom. The van der Waals surface area contributed by atoms with Gasteiger partial charge in [0.2, 0.25) is 0 Å². The number of alkyl halides is 2. The summed E-state index contributed by atoms with van der Waals surface area (Å²) < 4.78 is 30.0. The van der Waals surface area contributed by atoms with Crippen LogP contribution in [0.3, 0.4) is 0 Å². The number of halogens is 2. The molecule has 1 rings (SSSR count). The highest BCUT2D eigenvalue weighted by molar-refractivity contribution is 7.97. The molecule has 0 bridgehead atoms. The van der Waals surface area contributed by atoms with Gasteiger partial charge in [0, 0.05) is 13.1 Å². The van der Waals surface area contributed by atoms with E-state index in [2.05, 4.69) is 0 Å². The number of rotatable bonds is 2. The first-order chi connectivity index (χ1) is 4.79. The van der Waals surface area contributed by atoms with Crippen molar-refractivity contribution < 1.29 is 13.5 Å². The fourth-order valence-corrected chi connectivity index (χ4v) is 1.35. The van der Waals surface area contributed by atoms with Crippen LogP contribution in [0.5, 0.6) is 0 Å². The van der Waals surface area contributed by atoms with E-state index in [-0.39, 0.29) is 0 Å². The fourth-order valence-electron chi connectivity index (χ4n) is 0.765. The van der Waals surface area contributed by atoms with Gasteiger partial charge in [-0.05, 0) is 11.9 Å². The number of ether oxygens (including phenoxy) is 1. The van der Waals surface area contributed by atoms with Crippen molar-refractivity contribution in [3.63, 3.8) is 0 Å². The van der Waals surface area contributed by atoms with Gasteiger partial charge in [0.15, 0.2) is 0 Å². The van der Waals surface area contributed by atoms with Gasteiger partial charge < -0.3 is 4.74 Å². The molecule has 2 nitrogen and oxygen atoms in total. The van der Waals surface area contributed by atoms with E-state index in [4.69, 9.17) is 4.74 Å². The highest BCUT2D eigenvalue weighted by Gasteiger charge is 2.15. The van der Waals surface area contributed by atoms with Crippen LogP contribution < -0.4 is 0 Å². The maximum absolute atomic E-state index is 11.7. The Hall–Kier alpha value is 0.130. The van der Waals surface area contributed by atoms with Gasteiger partial charge in [-0.3, -0.25) is 0 Å². The Morgan fingerprint density at radius 1 is 1.30 bits per heavy atom. The van der Waals surface area contributed by atoms with Crippen molar-refractivity contribution >= 4 is 11.9 Å². The van der Waals surface area contributed by atoms with E-state index in [1.165, 1.54) is 0 Å². The van der Waals surface area contributed by atoms with E-state index in [9.17, 15) is 8.78 Å². The van der Waals surface area contributed by atoms with Gasteiger partial charge in [-0.15, -0.1) is 0 Å². The first kappa shape index (κ1) is 8.23. The molecule has 0 N–H and O–H groups in total. The molecule has 0 aromatic rings. The average Bonchev–Trinajstić information content (AvgIpc) is 1.88. The molecule has 0 saturated carbocycles. The molecule has 0 radical (unpaired) electrons. The van der Waals surface area contributed by atoms with Gasteiger partial charge in [0.1, 0.15) is 0 Å². The molecule has 1 aliphatic rings. The summed E-state index contributed by atoms with van der Waals surface area (Å²) in [6.45, 7) is 2.35. The summed E-state index contributed by atoms with van der Waals surface area (Å²) in [7, 11) is 0. The maximum atomic E-state index is 11.7. The largest absolute Gasteiger partial charge is 0.379 e. The van der Waals surface area contributed by atoms with Crippen LogP contribution in [0.25, 0.3) is 0 Å². The van der Waals surface area contributed by atoms with Crippen LogP contribution >= 0.6 is 11.9 Å². The monoisotopic (exact) mass is 169 g/mol. The zero-order chi connectivity index (χ0) is 7.40. The first-order valence-corrected chi connectivity index (χ1v) is 3.90. The van der Waals surface area contributed by atoms with E-state index < -0.39 is 5.76 Å². The molecule has 0 amide bonds. The molecule has 0 aliphatic carbocycles. The smallest absolute Gasteiger partial charge is 0.298 e. The number of nitrogens with zero attached hydrogens (tertiary/aromatic N) is 1. The van der Waals surface area contributed by atoms with E-state index in [0.29, 0.717) is 38.3 Å². The average molecular weight is 169 g/mol. The van der Waals surface area contributed by atoms with Crippen LogP contribution in [0.15, 0.2) is 0 Å². The van der Waals surface area contributed by atoms with Crippen molar-refractivity contribution in [2.24, 2.45) is 0 Å². The Morgan fingerprint density at radius 2 is 1.90 bits per heavy atom. The molecule has 0 aromatic heterocycles. The molecule has 1 heterocycles. The molecule has 1 saturated heterocycles. The van der Waals surface area contributed by atoms with Gasteiger partial charge >= 0.3 is 0 Å². The second-order valence-corrected chi connectivity index (χ2v) is 2.99. The van der Waals surface area contributed by atoms with E-state index in [1.54, 1.807) is 4.31 Å². The Kier molecular flexibility index (Phi) is 3.37. The van der Waals surface area contributed by atoms with Crippen LogP contribution in [0, 0.1) is 0 Å². The van der Waals surface area contributed by atoms with Gasteiger partial charge in [-0.2, -0.15) is 8.78 Å². The predicted molar refractivity (Wildman–Crippen MR) is 36.0 cm³/mol. The lowest BCUT2D eigenvalue weighted by Crippen LogP contribution is -2.31. The Labute approximate surface area is 62.7 Å². The quantitative estimate of drug-likeness (QED) is 0.576. The number of hydrogen-bond donors (Lipinski definition) is 0. The minimum Gasteiger partial charge on any atom is -0.379 e. The van der Waals surface area contributed by atoms with Gasteiger partial charge in [0.25, 0.3) is 5.76 Å². The van der Waals surface area contributed by atoms with Crippen LogP contribution in [0.4, 0.5) is 8.78 Å². The van der Waals surface area contributed by atoms with Crippen LogP contribution in [-0.4, -0.2) is 36.4 Å². The number of morpholine rings is 1. The summed E-state index contributed by atoms with van der Waals surface area (Å²) in [5, 5.41) is 0. The zero-order valence-electron chi connectivity index (χ0n) is 5.43. The Balaban J connectivity index is 2.13. The molecular weight excluding hydrogens is 160 g/mol. The van der Waals surface area contributed by atoms with Gasteiger partial charge in [0.05, 0.1) is 13.2 Å². The van der Waals surface area contributed by atoms with Crippen molar-refractivity contribution in [2.45, 2.75) is 5.76 Å². The van der Waals surface area contributed by atoms with Crippen LogP contribution in [0.1, 0.15) is 0 Å². The molecule has 0 spiro atoms. The van der Waals surface area contributed by atoms with Crippen molar-refractivity contribution in [3.05, 3.63) is 0 Å². The molecule has 10 heavy (non-hydrogen) atoms. The molecule has 1 aliphatic heterocycles. The highest BCUT2D eigenvalue weighted by Crippen LogP contribution is 2.19. The summed E-state index contributed by atoms with van der Waals surface area (Å²) in [4.78, 5) is 0. The molecular formula is C5H9F2NOS. The summed E-state index contributed by atoms with van der Waals surface area (Å²) in [5.41, 5.74) is 0. The van der Waals surface area contributed by atoms with E-state index in [0.717, 1.165) is 0 Å². The normalized spacial score (nSPS) is 21.9. The second-order valence-electron chi connectivity index (χ2n) is 1.91. The SMILES string of the molecule is FC(F)SN1CCOCC1. The molecule has 0 unspecified atom stereocenters. The lowest BCUT2D eigenvalue weighted by Gasteiger charge is -2.24. The van der Waals surface area contributed by atoms with Crippen molar-refractivity contribution in [1.29, 1.82) is 0 Å². The third kappa shape index (κ3) is 2.81. The standard InChI is InChI=1S/C5H9F2NOS/c6-5(7)10-8-1-3-9-4-2-8/h5H,1-4H2. The first-order valence-electron chi connectivity index (χ1n) is 3.06.